The topological polar surface area (TPSA) is 926 Å². The Kier molecular flexibility index (Phi) is 40.1. The molecule has 786 valence electrons. The van der Waals surface area contributed by atoms with Crippen LogP contribution in [0.4, 0.5) is 0 Å². The maximum Gasteiger partial charge on any atom is 0.217 e. The van der Waals surface area contributed by atoms with Crippen molar-refractivity contribution in [3.8, 4) is 0 Å². The van der Waals surface area contributed by atoms with Gasteiger partial charge in [0.25, 0.3) is 0 Å². The number of carbonyl (C=O) groups excluding carboxylic acids is 5. The van der Waals surface area contributed by atoms with Gasteiger partial charge in [-0.25, -0.2) is 0 Å². The van der Waals surface area contributed by atoms with Crippen LogP contribution in [0.25, 0.3) is 0 Å². The number of amides is 5. The monoisotopic (exact) mass is 1990 g/mol. The normalized spacial score (nSPS) is 49.2. The number of aliphatic hydroxyl groups excluding tert-OH is 29. The van der Waals surface area contributed by atoms with Crippen LogP contribution in [-0.2, 0) is 123 Å². The summed E-state index contributed by atoms with van der Waals surface area (Å²) in [5.74, 6) is -4.85. The zero-order valence-corrected chi connectivity index (χ0v) is 73.4. The molecule has 0 radical (unpaired) electrons. The quantitative estimate of drug-likeness (QED) is 0.0280. The van der Waals surface area contributed by atoms with E-state index in [0.717, 1.165) is 34.6 Å². The molecule has 34 N–H and O–H groups in total. The van der Waals surface area contributed by atoms with E-state index < -0.39 is 433 Å². The third kappa shape index (κ3) is 24.8. The van der Waals surface area contributed by atoms with Gasteiger partial charge in [0, 0.05) is 34.6 Å². The molecule has 11 heterocycles. The van der Waals surface area contributed by atoms with Crippen LogP contribution in [0.1, 0.15) is 41.5 Å². The molecule has 0 spiro atoms. The van der Waals surface area contributed by atoms with E-state index in [1.165, 1.54) is 6.92 Å². The molecule has 0 aromatic heterocycles. The van der Waals surface area contributed by atoms with E-state index in [1.54, 1.807) is 0 Å². The molecule has 5 amide bonds. The highest BCUT2D eigenvalue weighted by Crippen LogP contribution is 2.42. The van der Waals surface area contributed by atoms with E-state index in [0.29, 0.717) is 0 Å². The van der Waals surface area contributed by atoms with Crippen LogP contribution in [0.2, 0.25) is 0 Å². The predicted molar refractivity (Wildman–Crippen MR) is 419 cm³/mol. The zero-order valence-electron chi connectivity index (χ0n) is 73.4. The van der Waals surface area contributed by atoms with Gasteiger partial charge < -0.3 is 274 Å². The lowest BCUT2D eigenvalue weighted by molar-refractivity contribution is -0.405. The number of rotatable bonds is 35. The van der Waals surface area contributed by atoms with Gasteiger partial charge in [0.2, 0.25) is 29.5 Å². The lowest BCUT2D eigenvalue weighted by Gasteiger charge is -2.52. The molecule has 0 aliphatic carbocycles. The van der Waals surface area contributed by atoms with E-state index in [9.17, 15) is 172 Å². The van der Waals surface area contributed by atoms with Gasteiger partial charge in [0.1, 0.15) is 262 Å². The van der Waals surface area contributed by atoms with E-state index in [-0.39, 0.29) is 0 Å². The van der Waals surface area contributed by atoms with Crippen molar-refractivity contribution in [2.24, 2.45) is 0 Å². The third-order valence-electron chi connectivity index (χ3n) is 24.9. The van der Waals surface area contributed by atoms with E-state index >= 15 is 0 Å². The summed E-state index contributed by atoms with van der Waals surface area (Å²) in [7, 11) is 0. The van der Waals surface area contributed by atoms with Gasteiger partial charge in [-0.3, -0.25) is 24.0 Å². The van der Waals surface area contributed by atoms with Gasteiger partial charge in [-0.05, 0) is 6.92 Å². The van der Waals surface area contributed by atoms with Crippen molar-refractivity contribution in [1.82, 2.24) is 26.6 Å². The number of hydrogen-bond acceptors (Lipinski definition) is 55. The first kappa shape index (κ1) is 112. The van der Waals surface area contributed by atoms with Gasteiger partial charge in [-0.15, -0.1) is 0 Å². The Labute approximate surface area is 770 Å². The second-order valence-electron chi connectivity index (χ2n) is 34.5. The summed E-state index contributed by atoms with van der Waals surface area (Å²) in [6, 6.07) is -9.85. The molecule has 11 aliphatic heterocycles. The van der Waals surface area contributed by atoms with Crippen molar-refractivity contribution < 1.29 is 272 Å². The highest BCUT2D eigenvalue weighted by atomic mass is 16.8. The fourth-order valence-electron chi connectivity index (χ4n) is 17.7. The SMILES string of the molecule is CC(=O)N[C@H]1[C@H](O[C@H]2[C@H](O)[C@@H](NC(C)=O)C(O)O[C@@H]2CO[C@@H]2O[C@@H](C)[C@@H](O)[C@@H](O)[C@@H]2O)O[C@H](CO)[C@@H](O[C@@H]2O[C@H](CO[C@H]3O[C@H](CO)[C@@H](O)[C@H](O)[C@@H]3O[C@@H]3O[C@H](CO)[C@@H](O[C@@H]4O[C@H](CO)[C@H](O)[C@H](O)[C@H]4O)[C@H](O)[C@H]3NC(C)=O)[C@@H](O)[C@H](O[C@H]3O[C@H](CO)[C@@H](O[C@@H]4O[C@H](CO)[C@@H](O)[C@H](O)[C@H]4NC(C)=O)[C@H](O)[C@@H]3O[C@@H]3O[C@H](CO)[C@@H](O[C@@H]4O[C@H](CO)[C@H](O)[C@H](O)[C@H]4O)[C@H](O)[C@H]3NC(C)=O)[C@@H]2O)[C@@H]1O. The lowest BCUT2D eigenvalue weighted by atomic mass is 9.93. The summed E-state index contributed by atoms with van der Waals surface area (Å²) in [6.45, 7) is -5.66. The van der Waals surface area contributed by atoms with Crippen molar-refractivity contribution in [3.63, 3.8) is 0 Å². The minimum Gasteiger partial charge on any atom is -0.394 e. The molecule has 0 bridgehead atoms. The summed E-state index contributed by atoms with van der Waals surface area (Å²) in [5, 5.41) is 339. The molecular formula is C76H127N5O55. The second-order valence-corrected chi connectivity index (χ2v) is 34.5. The van der Waals surface area contributed by atoms with Crippen LogP contribution in [0.15, 0.2) is 0 Å². The Morgan fingerprint density at radius 1 is 0.206 bits per heavy atom. The molecule has 60 nitrogen and oxygen atoms in total. The van der Waals surface area contributed by atoms with Gasteiger partial charge in [-0.2, -0.15) is 0 Å². The fourth-order valence-corrected chi connectivity index (χ4v) is 17.7. The van der Waals surface area contributed by atoms with Crippen LogP contribution < -0.4 is 26.6 Å². The Balaban J connectivity index is 0.975. The van der Waals surface area contributed by atoms with Crippen molar-refractivity contribution in [2.45, 2.75) is 379 Å². The Hall–Kier alpha value is -4.65. The standard InChI is InChI=1S/C76H127N5O55/c1-17-38(95)49(106)53(110)71(118-17)116-16-32-62(45(102)33(66(115)119-32)77-18(2)90)130-68-35(79-20(4)92)46(103)60(29(13-88)124-68)133-74-57(114)63(43(100)31(128-74)15-117-75-64(52(109)42(99)26(10-85)123-75)135-69-36(80-21(5)93)47(104)58(27(11-86)125-69)131-72-54(111)50(107)40(97)24(8-83)121-72)134-76-65(56(113)61(30(14-89)127-76)129-67-34(78-19(3)91)44(101)39(96)23(7-82)120-67)136-70-37(81-22(6)94)48(105)59(28(12-87)126-70)132-73-55(112)51(108)41(98)25(9-84)122-73/h17,23-76,82-89,95-115H,7-16H2,1-6H3,(H,77,90)(H,78,91)(H,79,92)(H,80,93)(H,81,94)/t17-,23+,24+,25+,26+,27+,28+,29+,30+,31+,32+,33+,34+,35+,36+,37+,38+,39+,40-,41-,42+,43+,44+,45+,46+,47+,48+,49+,50-,51-,52-,53-,54+,55+,56-,57-,58+,59+,60+,61+,62+,63-,64-,65-,66?,67-,68-,69-,70-,71+,72-,73-,74-,75-,76+/m0/s1. The first-order valence-electron chi connectivity index (χ1n) is 43.5. The molecule has 136 heavy (non-hydrogen) atoms. The number of aliphatic hydroxyl groups is 29. The fraction of sp³-hybridized carbons (Fsp3) is 0.934. The average Bonchev–Trinajstić information content (AvgIpc) is 0.771. The Morgan fingerprint density at radius 3 is 0.860 bits per heavy atom. The van der Waals surface area contributed by atoms with Crippen molar-refractivity contribution in [2.75, 3.05) is 66.1 Å². The lowest BCUT2D eigenvalue weighted by Crippen LogP contribution is -2.71. The largest absolute Gasteiger partial charge is 0.394 e. The van der Waals surface area contributed by atoms with E-state index in [2.05, 4.69) is 26.6 Å². The third-order valence-corrected chi connectivity index (χ3v) is 24.9. The highest BCUT2D eigenvalue weighted by Gasteiger charge is 2.63. The second kappa shape index (κ2) is 48.8. The first-order chi connectivity index (χ1) is 64.3. The molecule has 11 rings (SSSR count). The maximum absolute atomic E-state index is 13.4. The number of carbonyl (C=O) groups is 5. The van der Waals surface area contributed by atoms with Gasteiger partial charge >= 0.3 is 0 Å². The highest BCUT2D eigenvalue weighted by molar-refractivity contribution is 5.75. The zero-order chi connectivity index (χ0) is 100. The molecular weight excluding hydrogens is 1860 g/mol. The summed E-state index contributed by atoms with van der Waals surface area (Å²) >= 11 is 0. The molecule has 1 unspecified atom stereocenters. The molecule has 11 saturated heterocycles. The van der Waals surface area contributed by atoms with E-state index in [1.807, 2.05) is 0 Å². The summed E-state index contributed by atoms with van der Waals surface area (Å²) in [6.07, 6.45) is -107. The molecule has 0 aromatic carbocycles. The number of nitrogens with one attached hydrogen (secondary N) is 5. The molecule has 11 fully saturated rings. The van der Waals surface area contributed by atoms with Crippen LogP contribution >= 0.6 is 0 Å². The first-order valence-corrected chi connectivity index (χ1v) is 43.5. The Morgan fingerprint density at radius 2 is 0.463 bits per heavy atom. The van der Waals surface area contributed by atoms with E-state index in [4.69, 9.17) is 99.5 Å². The smallest absolute Gasteiger partial charge is 0.217 e. The summed E-state index contributed by atoms with van der Waals surface area (Å²) in [4.78, 5) is 65.2. The van der Waals surface area contributed by atoms with Crippen LogP contribution in [-0.4, -0.2) is 581 Å². The molecule has 11 aliphatic rings. The van der Waals surface area contributed by atoms with Gasteiger partial charge in [0.05, 0.1) is 72.2 Å². The van der Waals surface area contributed by atoms with Crippen LogP contribution in [0.5, 0.6) is 0 Å². The maximum atomic E-state index is 13.4. The van der Waals surface area contributed by atoms with Crippen LogP contribution in [0.3, 0.4) is 0 Å². The molecule has 55 atom stereocenters. The Bertz CT molecular complexity index is 3760. The number of hydrogen-bond donors (Lipinski definition) is 34. The number of ether oxygens (including phenoxy) is 21. The molecule has 0 aromatic rings. The molecule has 0 saturated carbocycles. The minimum absolute atomic E-state index is 0.872. The average molecular weight is 1990 g/mol. The minimum atomic E-state index is -2.75. The van der Waals surface area contributed by atoms with Gasteiger partial charge in [-0.1, -0.05) is 0 Å². The van der Waals surface area contributed by atoms with Crippen molar-refractivity contribution in [3.05, 3.63) is 0 Å². The molecule has 60 heteroatoms. The van der Waals surface area contributed by atoms with Gasteiger partial charge in [0.15, 0.2) is 69.2 Å². The summed E-state index contributed by atoms with van der Waals surface area (Å²) < 4.78 is 126. The summed E-state index contributed by atoms with van der Waals surface area (Å²) in [5.41, 5.74) is 0. The van der Waals surface area contributed by atoms with Crippen molar-refractivity contribution >= 4 is 29.5 Å². The predicted octanol–water partition coefficient (Wildman–Crippen LogP) is -23.2. The van der Waals surface area contributed by atoms with Crippen molar-refractivity contribution in [1.29, 1.82) is 0 Å². The van der Waals surface area contributed by atoms with Crippen LogP contribution in [0, 0.1) is 0 Å².